The Morgan fingerprint density at radius 3 is 2.95 bits per heavy atom. The van der Waals surface area contributed by atoms with Crippen molar-refractivity contribution in [2.75, 3.05) is 0 Å². The number of alkyl halides is 2. The third-order valence-electron chi connectivity index (χ3n) is 3.49. The summed E-state index contributed by atoms with van der Waals surface area (Å²) in [6, 6.07) is 7.11. The number of rotatable bonds is 1. The molecule has 0 N–H and O–H groups in total. The van der Waals surface area contributed by atoms with Crippen molar-refractivity contribution in [3.8, 4) is 17.3 Å². The lowest BCUT2D eigenvalue weighted by molar-refractivity contribution is 0.509. The number of hydrogen-bond acceptors (Lipinski definition) is 2. The van der Waals surface area contributed by atoms with Crippen LogP contribution in [0.2, 0.25) is 0 Å². The number of nitriles is 1. The molecule has 2 aromatic rings. The van der Waals surface area contributed by atoms with Crippen molar-refractivity contribution in [3.05, 3.63) is 41.6 Å². The number of pyridine rings is 1. The minimum absolute atomic E-state index is 0.376. The van der Waals surface area contributed by atoms with Crippen molar-refractivity contribution < 1.29 is 4.39 Å². The standard InChI is InChI=1S/C14H10Cl2FN3/c15-14(16)3-5-20-11(6-9(8-18)12(20)7-14)10-2-1-4-19-13(10)17/h1-2,4,6H,3,5,7H2. The normalized spacial score (nSPS) is 16.5. The summed E-state index contributed by atoms with van der Waals surface area (Å²) in [6.07, 6.45) is 2.32. The molecule has 6 heteroatoms. The molecule has 0 fully saturated rings. The van der Waals surface area contributed by atoms with Gasteiger partial charge in [0.1, 0.15) is 10.4 Å². The topological polar surface area (TPSA) is 41.6 Å². The zero-order chi connectivity index (χ0) is 14.3. The minimum atomic E-state index is -0.870. The molecule has 2 aromatic heterocycles. The number of hydrogen-bond donors (Lipinski definition) is 0. The first-order valence-corrected chi connectivity index (χ1v) is 6.89. The molecule has 3 nitrogen and oxygen atoms in total. The van der Waals surface area contributed by atoms with Crippen LogP contribution in [0.3, 0.4) is 0 Å². The molecule has 3 rings (SSSR count). The van der Waals surface area contributed by atoms with Gasteiger partial charge in [-0.15, -0.1) is 23.2 Å². The zero-order valence-corrected chi connectivity index (χ0v) is 11.9. The van der Waals surface area contributed by atoms with E-state index >= 15 is 0 Å². The van der Waals surface area contributed by atoms with Gasteiger partial charge in [0.15, 0.2) is 0 Å². The molecule has 20 heavy (non-hydrogen) atoms. The SMILES string of the molecule is N#Cc1cc(-c2cccnc2F)n2c1CC(Cl)(Cl)CC2. The van der Waals surface area contributed by atoms with Crippen LogP contribution in [0.25, 0.3) is 11.3 Å². The average molecular weight is 310 g/mol. The lowest BCUT2D eigenvalue weighted by Crippen LogP contribution is -2.28. The second kappa shape index (κ2) is 4.76. The third-order valence-corrected chi connectivity index (χ3v) is 4.14. The maximum absolute atomic E-state index is 13.9. The summed E-state index contributed by atoms with van der Waals surface area (Å²) in [5.41, 5.74) is 2.26. The highest BCUT2D eigenvalue weighted by Gasteiger charge is 2.33. The first-order chi connectivity index (χ1) is 9.52. The molecule has 1 aliphatic heterocycles. The molecule has 0 unspecified atom stereocenters. The second-order valence-corrected chi connectivity index (χ2v) is 6.42. The highest BCUT2D eigenvalue weighted by atomic mass is 35.5. The van der Waals surface area contributed by atoms with Gasteiger partial charge < -0.3 is 4.57 Å². The lowest BCUT2D eigenvalue weighted by atomic mass is 10.1. The summed E-state index contributed by atoms with van der Waals surface area (Å²) >= 11 is 12.3. The fourth-order valence-corrected chi connectivity index (χ4v) is 2.96. The van der Waals surface area contributed by atoms with E-state index in [1.165, 1.54) is 6.20 Å². The van der Waals surface area contributed by atoms with Crippen molar-refractivity contribution >= 4 is 23.2 Å². The summed E-state index contributed by atoms with van der Waals surface area (Å²) in [5.74, 6) is -0.550. The molecule has 1 aliphatic rings. The van der Waals surface area contributed by atoms with Gasteiger partial charge in [-0.05, 0) is 24.6 Å². The quantitative estimate of drug-likeness (QED) is 0.595. The average Bonchev–Trinajstić information content (AvgIpc) is 2.75. The van der Waals surface area contributed by atoms with Crippen LogP contribution >= 0.6 is 23.2 Å². The summed E-state index contributed by atoms with van der Waals surface area (Å²) in [4.78, 5) is 3.65. The van der Waals surface area contributed by atoms with E-state index in [4.69, 9.17) is 23.2 Å². The molecule has 0 radical (unpaired) electrons. The largest absolute Gasteiger partial charge is 0.343 e. The van der Waals surface area contributed by atoms with Gasteiger partial charge in [0.2, 0.25) is 5.95 Å². The molecule has 0 atom stereocenters. The summed E-state index contributed by atoms with van der Waals surface area (Å²) in [6.45, 7) is 0.549. The van der Waals surface area contributed by atoms with Gasteiger partial charge in [0.25, 0.3) is 0 Å². The maximum Gasteiger partial charge on any atom is 0.222 e. The first kappa shape index (κ1) is 13.4. The summed E-state index contributed by atoms with van der Waals surface area (Å²) in [7, 11) is 0. The Balaban J connectivity index is 2.19. The second-order valence-electron chi connectivity index (χ2n) is 4.78. The Morgan fingerprint density at radius 1 is 1.45 bits per heavy atom. The molecule has 102 valence electrons. The lowest BCUT2D eigenvalue weighted by Gasteiger charge is -2.28. The van der Waals surface area contributed by atoms with Gasteiger partial charge in [0.05, 0.1) is 16.8 Å². The van der Waals surface area contributed by atoms with Crippen LogP contribution in [0, 0.1) is 17.3 Å². The molecule has 0 bridgehead atoms. The summed E-state index contributed by atoms with van der Waals surface area (Å²) in [5, 5.41) is 9.23. The first-order valence-electron chi connectivity index (χ1n) is 6.13. The van der Waals surface area contributed by atoms with Crippen molar-refractivity contribution in [3.63, 3.8) is 0 Å². The predicted molar refractivity (Wildman–Crippen MR) is 75.1 cm³/mol. The molecule has 0 aromatic carbocycles. The molecule has 0 amide bonds. The van der Waals surface area contributed by atoms with E-state index in [-0.39, 0.29) is 0 Å². The molecular formula is C14H10Cl2FN3. The molecule has 0 saturated carbocycles. The maximum atomic E-state index is 13.9. The zero-order valence-electron chi connectivity index (χ0n) is 10.4. The van der Waals surface area contributed by atoms with Crippen molar-refractivity contribution in [2.45, 2.75) is 23.7 Å². The Bertz CT molecular complexity index is 716. The van der Waals surface area contributed by atoms with Gasteiger partial charge in [-0.2, -0.15) is 9.65 Å². The van der Waals surface area contributed by atoms with Gasteiger partial charge in [0, 0.05) is 24.9 Å². The Morgan fingerprint density at radius 2 is 2.25 bits per heavy atom. The minimum Gasteiger partial charge on any atom is -0.343 e. The summed E-state index contributed by atoms with van der Waals surface area (Å²) < 4.78 is 14.9. The van der Waals surface area contributed by atoms with Crippen LogP contribution in [0.1, 0.15) is 17.7 Å². The van der Waals surface area contributed by atoms with E-state index in [1.54, 1.807) is 18.2 Å². The van der Waals surface area contributed by atoms with Crippen LogP contribution in [-0.2, 0) is 13.0 Å². The molecular weight excluding hydrogens is 300 g/mol. The number of fused-ring (bicyclic) bond motifs is 1. The van der Waals surface area contributed by atoms with E-state index < -0.39 is 10.3 Å². The highest BCUT2D eigenvalue weighted by molar-refractivity contribution is 6.48. The van der Waals surface area contributed by atoms with Crippen LogP contribution in [-0.4, -0.2) is 13.9 Å². The fraction of sp³-hybridized carbons (Fsp3) is 0.286. The van der Waals surface area contributed by atoms with Gasteiger partial charge in [-0.25, -0.2) is 4.98 Å². The number of nitrogens with zero attached hydrogens (tertiary/aromatic N) is 3. The number of aromatic nitrogens is 2. The van der Waals surface area contributed by atoms with E-state index in [9.17, 15) is 9.65 Å². The Hall–Kier alpha value is -1.57. The Kier molecular flexibility index (Phi) is 3.19. The van der Waals surface area contributed by atoms with Crippen LogP contribution in [0.5, 0.6) is 0 Å². The van der Waals surface area contributed by atoms with Gasteiger partial charge in [-0.1, -0.05) is 0 Å². The van der Waals surface area contributed by atoms with Gasteiger partial charge in [-0.3, -0.25) is 0 Å². The Labute approximate surface area is 125 Å². The van der Waals surface area contributed by atoms with Crippen LogP contribution in [0.15, 0.2) is 24.4 Å². The number of halogens is 3. The smallest absolute Gasteiger partial charge is 0.222 e. The van der Waals surface area contributed by atoms with Gasteiger partial charge >= 0.3 is 0 Å². The van der Waals surface area contributed by atoms with E-state index in [0.29, 0.717) is 36.2 Å². The van der Waals surface area contributed by atoms with Crippen molar-refractivity contribution in [2.24, 2.45) is 0 Å². The molecule has 3 heterocycles. The monoisotopic (exact) mass is 309 g/mol. The third kappa shape index (κ3) is 2.17. The van der Waals surface area contributed by atoms with Crippen molar-refractivity contribution in [1.29, 1.82) is 5.26 Å². The van der Waals surface area contributed by atoms with Crippen LogP contribution in [0.4, 0.5) is 4.39 Å². The van der Waals surface area contributed by atoms with E-state index in [1.807, 2.05) is 4.57 Å². The molecule has 0 aliphatic carbocycles. The fourth-order valence-electron chi connectivity index (χ4n) is 2.54. The van der Waals surface area contributed by atoms with Crippen LogP contribution < -0.4 is 0 Å². The predicted octanol–water partition coefficient (Wildman–Crippen LogP) is 3.68. The van der Waals surface area contributed by atoms with E-state index in [0.717, 1.165) is 5.69 Å². The van der Waals surface area contributed by atoms with Crippen molar-refractivity contribution in [1.82, 2.24) is 9.55 Å². The highest BCUT2D eigenvalue weighted by Crippen LogP contribution is 2.39. The molecule has 0 saturated heterocycles. The molecule has 0 spiro atoms. The van der Waals surface area contributed by atoms with E-state index in [2.05, 4.69) is 11.1 Å².